The van der Waals surface area contributed by atoms with Crippen LogP contribution >= 0.6 is 0 Å². The molecule has 2 aromatic heterocycles. The second-order valence-electron chi connectivity index (χ2n) is 10.5. The number of amides is 1. The summed E-state index contributed by atoms with van der Waals surface area (Å²) in [4.78, 5) is 19.3. The Kier molecular flexibility index (Phi) is 7.55. The van der Waals surface area contributed by atoms with E-state index < -0.39 is 12.0 Å². The molecule has 5 rings (SSSR count). The van der Waals surface area contributed by atoms with E-state index in [1.807, 2.05) is 35.9 Å². The molecule has 3 aliphatic rings. The molecule has 2 unspecified atom stereocenters. The number of imidazole rings is 1. The van der Waals surface area contributed by atoms with Gasteiger partial charge in [0.05, 0.1) is 24.3 Å². The van der Waals surface area contributed by atoms with Crippen LogP contribution < -0.4 is 0 Å². The number of rotatable bonds is 7. The number of carbonyl (C=O) groups is 1. The van der Waals surface area contributed by atoms with Crippen LogP contribution in [0.5, 0.6) is 0 Å². The molecule has 0 N–H and O–H groups in total. The molecule has 2 fully saturated rings. The van der Waals surface area contributed by atoms with Crippen LogP contribution in [0.1, 0.15) is 81.6 Å². The first-order chi connectivity index (χ1) is 17.9. The molecule has 0 saturated heterocycles. The summed E-state index contributed by atoms with van der Waals surface area (Å²) in [6, 6.07) is -4.19. The van der Waals surface area contributed by atoms with Crippen molar-refractivity contribution in [2.45, 2.75) is 101 Å². The van der Waals surface area contributed by atoms with E-state index in [9.17, 15) is 4.79 Å². The molecule has 8 nitrogen and oxygen atoms in total. The largest absolute Gasteiger partial charge is 0.424 e. The van der Waals surface area contributed by atoms with Crippen molar-refractivity contribution in [3.8, 4) is 0 Å². The highest BCUT2D eigenvalue weighted by atomic mass is 19.3. The Balaban J connectivity index is 1.37. The van der Waals surface area contributed by atoms with Crippen LogP contribution in [0.3, 0.4) is 0 Å². The number of aromatic nitrogens is 5. The summed E-state index contributed by atoms with van der Waals surface area (Å²) in [6.45, 7) is 1.91. The summed E-state index contributed by atoms with van der Waals surface area (Å²) in [5.74, 6) is -1.15. The normalized spacial score (nSPS) is 23.7. The molecular formula is C27H36F2N6O2. The zero-order chi connectivity index (χ0) is 26.0. The Morgan fingerprint density at radius 1 is 1.05 bits per heavy atom. The maximum atomic E-state index is 15.7. The van der Waals surface area contributed by atoms with Gasteiger partial charge < -0.3 is 14.2 Å². The molecule has 2 saturated carbocycles. The van der Waals surface area contributed by atoms with Gasteiger partial charge in [-0.05, 0) is 38.7 Å². The van der Waals surface area contributed by atoms with Crippen molar-refractivity contribution in [1.82, 2.24) is 29.4 Å². The second kappa shape index (κ2) is 10.8. The van der Waals surface area contributed by atoms with Gasteiger partial charge in [-0.25, -0.2) is 4.98 Å². The Bertz CT molecular complexity index is 1130. The monoisotopic (exact) mass is 514 g/mol. The third-order valence-electron chi connectivity index (χ3n) is 8.01. The predicted molar refractivity (Wildman–Crippen MR) is 135 cm³/mol. The fourth-order valence-electron chi connectivity index (χ4n) is 6.03. The van der Waals surface area contributed by atoms with Crippen molar-refractivity contribution < 1.29 is 18.3 Å². The lowest BCUT2D eigenvalue weighted by molar-refractivity contribution is -0.183. The van der Waals surface area contributed by atoms with Gasteiger partial charge >= 0.3 is 12.0 Å². The van der Waals surface area contributed by atoms with Gasteiger partial charge in [0.15, 0.2) is 0 Å². The fourth-order valence-corrected chi connectivity index (χ4v) is 6.03. The van der Waals surface area contributed by atoms with Crippen molar-refractivity contribution >= 4 is 11.5 Å². The summed E-state index contributed by atoms with van der Waals surface area (Å²) in [7, 11) is 1.60. The van der Waals surface area contributed by atoms with E-state index >= 15 is 8.78 Å². The fraction of sp³-hybridized carbons (Fsp3) is 0.630. The van der Waals surface area contributed by atoms with E-state index in [4.69, 9.17) is 4.74 Å². The van der Waals surface area contributed by atoms with Crippen molar-refractivity contribution in [1.29, 1.82) is 0 Å². The number of nitrogens with zero attached hydrogens (tertiary/aromatic N) is 6. The van der Waals surface area contributed by atoms with Gasteiger partial charge in [0, 0.05) is 31.0 Å². The molecule has 0 aliphatic heterocycles. The molecule has 37 heavy (non-hydrogen) atoms. The highest BCUT2D eigenvalue weighted by molar-refractivity contribution is 5.82. The van der Waals surface area contributed by atoms with E-state index in [1.165, 1.54) is 11.1 Å². The lowest BCUT2D eigenvalue weighted by Gasteiger charge is -2.42. The number of aryl methyl sites for hydroxylation is 1. The summed E-state index contributed by atoms with van der Waals surface area (Å²) in [6.07, 6.45) is 19.3. The van der Waals surface area contributed by atoms with Crippen LogP contribution in [-0.4, -0.2) is 60.6 Å². The number of carbonyl (C=O) groups excluding carboxylic acids is 1. The first kappa shape index (κ1) is 25.8. The minimum atomic E-state index is -3.81. The van der Waals surface area contributed by atoms with Crippen molar-refractivity contribution in [2.75, 3.05) is 7.11 Å². The van der Waals surface area contributed by atoms with E-state index in [2.05, 4.69) is 15.3 Å². The minimum absolute atomic E-state index is 0.118. The smallest absolute Gasteiger partial charge is 0.375 e. The maximum Gasteiger partial charge on any atom is 0.424 e. The minimum Gasteiger partial charge on any atom is -0.375 e. The number of halogens is 2. The zero-order valence-corrected chi connectivity index (χ0v) is 21.6. The standard InChI is InChI=1S/C27H36F2N6O2/c1-19-16-33(18-30-19)24-14-13-20(15-25(24)37-2)23-17-34(32-31-23)27(28,29)26(36)35(21-9-5-3-6-10-21)22-11-7-4-8-12-22/h13-18,21-22,24-25H,3-12H2,1-2H3. The summed E-state index contributed by atoms with van der Waals surface area (Å²) in [5.41, 5.74) is 1.78. The Morgan fingerprint density at radius 2 is 1.70 bits per heavy atom. The molecule has 0 bridgehead atoms. The first-order valence-corrected chi connectivity index (χ1v) is 13.4. The number of hydrogen-bond donors (Lipinski definition) is 0. The van der Waals surface area contributed by atoms with Gasteiger partial charge in [0.1, 0.15) is 11.8 Å². The third kappa shape index (κ3) is 5.26. The molecule has 200 valence electrons. The quantitative estimate of drug-likeness (QED) is 0.518. The molecule has 2 heterocycles. The highest BCUT2D eigenvalue weighted by Gasteiger charge is 2.49. The summed E-state index contributed by atoms with van der Waals surface area (Å²) < 4.78 is 39.5. The van der Waals surface area contributed by atoms with Crippen LogP contribution in [0.2, 0.25) is 0 Å². The number of hydrogen-bond acceptors (Lipinski definition) is 5. The number of methoxy groups -OCH3 is 1. The van der Waals surface area contributed by atoms with Crippen LogP contribution in [0.4, 0.5) is 8.78 Å². The molecule has 1 amide bonds. The molecule has 2 aromatic rings. The number of alkyl halides is 2. The van der Waals surface area contributed by atoms with Crippen molar-refractivity contribution in [3.63, 3.8) is 0 Å². The summed E-state index contributed by atoms with van der Waals surface area (Å²) in [5, 5.41) is 7.74. The van der Waals surface area contributed by atoms with Gasteiger partial charge in [-0.15, -0.1) is 5.10 Å². The van der Waals surface area contributed by atoms with Gasteiger partial charge in [-0.1, -0.05) is 55.9 Å². The van der Waals surface area contributed by atoms with E-state index in [1.54, 1.807) is 13.4 Å². The third-order valence-corrected chi connectivity index (χ3v) is 8.01. The van der Waals surface area contributed by atoms with Gasteiger partial charge in [0.2, 0.25) is 0 Å². The lowest BCUT2D eigenvalue weighted by atomic mass is 9.88. The Morgan fingerprint density at radius 3 is 2.27 bits per heavy atom. The topological polar surface area (TPSA) is 78.1 Å². The van der Waals surface area contributed by atoms with Gasteiger partial charge in [0.25, 0.3) is 0 Å². The number of ether oxygens (including phenoxy) is 1. The molecule has 0 radical (unpaired) electrons. The number of allylic oxidation sites excluding steroid dienone is 2. The maximum absolute atomic E-state index is 15.7. The van der Waals surface area contributed by atoms with E-state index in [0.29, 0.717) is 10.3 Å². The second-order valence-corrected chi connectivity index (χ2v) is 10.5. The average Bonchev–Trinajstić information content (AvgIpc) is 3.60. The predicted octanol–water partition coefficient (Wildman–Crippen LogP) is 5.04. The van der Waals surface area contributed by atoms with Crippen LogP contribution in [0.25, 0.3) is 5.57 Å². The highest BCUT2D eigenvalue weighted by Crippen LogP contribution is 2.35. The zero-order valence-electron chi connectivity index (χ0n) is 21.6. The Labute approximate surface area is 216 Å². The molecule has 0 spiro atoms. The van der Waals surface area contributed by atoms with Crippen LogP contribution in [-0.2, 0) is 15.6 Å². The van der Waals surface area contributed by atoms with Crippen LogP contribution in [0, 0.1) is 6.92 Å². The van der Waals surface area contributed by atoms with Crippen LogP contribution in [0.15, 0.2) is 36.9 Å². The lowest BCUT2D eigenvalue weighted by Crippen LogP contribution is -2.55. The van der Waals surface area contributed by atoms with Gasteiger partial charge in [-0.2, -0.15) is 13.5 Å². The SMILES string of the molecule is COC1C=C(c2cn(C(F)(F)C(=O)N(C3CCCCC3)C3CCCCC3)nn2)C=CC1n1cnc(C)c1. The summed E-state index contributed by atoms with van der Waals surface area (Å²) >= 11 is 0. The van der Waals surface area contributed by atoms with Gasteiger partial charge in [-0.3, -0.25) is 4.79 Å². The molecule has 0 aromatic carbocycles. The molecular weight excluding hydrogens is 478 g/mol. The molecule has 3 aliphatic carbocycles. The van der Waals surface area contributed by atoms with E-state index in [0.717, 1.165) is 69.9 Å². The Hall–Kier alpha value is -2.88. The average molecular weight is 515 g/mol. The molecule has 2 atom stereocenters. The van der Waals surface area contributed by atoms with Crippen molar-refractivity contribution in [2.24, 2.45) is 0 Å². The van der Waals surface area contributed by atoms with E-state index in [-0.39, 0.29) is 29.9 Å². The first-order valence-electron chi connectivity index (χ1n) is 13.4. The molecule has 10 heteroatoms. The van der Waals surface area contributed by atoms with Crippen molar-refractivity contribution in [3.05, 3.63) is 48.3 Å².